The molecule has 0 unspecified atom stereocenters. The fourth-order valence-electron chi connectivity index (χ4n) is 3.19. The van der Waals surface area contributed by atoms with E-state index in [1.165, 1.54) is 4.31 Å². The molecule has 1 aliphatic rings. The molecule has 0 saturated carbocycles. The molecule has 148 valence electrons. The number of amides is 2. The Bertz CT molecular complexity index is 1030. The van der Waals surface area contributed by atoms with E-state index in [1.807, 2.05) is 32.0 Å². The molecule has 1 heterocycles. The molecule has 0 atom stereocenters. The van der Waals surface area contributed by atoms with E-state index >= 15 is 0 Å². The molecule has 28 heavy (non-hydrogen) atoms. The third kappa shape index (κ3) is 4.01. The van der Waals surface area contributed by atoms with Gasteiger partial charge in [-0.15, -0.1) is 0 Å². The summed E-state index contributed by atoms with van der Waals surface area (Å²) in [4.78, 5) is 24.7. The van der Waals surface area contributed by atoms with Crippen LogP contribution in [0.1, 0.15) is 23.1 Å². The molecule has 1 fully saturated rings. The van der Waals surface area contributed by atoms with Gasteiger partial charge in [-0.05, 0) is 56.0 Å². The predicted octanol–water partition coefficient (Wildman–Crippen LogP) is 2.73. The monoisotopic (exact) mass is 401 g/mol. The standard InChI is InChI=1S/C20H23N3O4S/c1-13-8-9-16(23-10-5-11-28(23,26)27)12-17(13)21-19(24)20(25)22-18-14(2)6-4-7-15(18)3/h4,6-9,12H,5,10-11H2,1-3H3,(H,21,24)(H,22,25). The molecule has 7 nitrogen and oxygen atoms in total. The number of para-hydroxylation sites is 1. The topological polar surface area (TPSA) is 95.6 Å². The highest BCUT2D eigenvalue weighted by molar-refractivity contribution is 7.93. The Morgan fingerprint density at radius 1 is 0.929 bits per heavy atom. The highest BCUT2D eigenvalue weighted by atomic mass is 32.2. The third-order valence-corrected chi connectivity index (χ3v) is 6.65. The maximum atomic E-state index is 12.4. The molecule has 3 rings (SSSR count). The van der Waals surface area contributed by atoms with E-state index in [0.29, 0.717) is 30.0 Å². The van der Waals surface area contributed by atoms with Crippen LogP contribution < -0.4 is 14.9 Å². The van der Waals surface area contributed by atoms with Gasteiger partial charge in [0.2, 0.25) is 10.0 Å². The smallest absolute Gasteiger partial charge is 0.314 e. The molecule has 2 N–H and O–H groups in total. The average molecular weight is 401 g/mol. The summed E-state index contributed by atoms with van der Waals surface area (Å²) in [6, 6.07) is 10.6. The van der Waals surface area contributed by atoms with Crippen molar-refractivity contribution in [3.05, 3.63) is 53.1 Å². The van der Waals surface area contributed by atoms with Crippen LogP contribution in [0.5, 0.6) is 0 Å². The maximum Gasteiger partial charge on any atom is 0.314 e. The summed E-state index contributed by atoms with van der Waals surface area (Å²) in [6.45, 7) is 5.89. The highest BCUT2D eigenvalue weighted by Gasteiger charge is 2.29. The zero-order chi connectivity index (χ0) is 20.5. The summed E-state index contributed by atoms with van der Waals surface area (Å²) < 4.78 is 25.6. The van der Waals surface area contributed by atoms with Gasteiger partial charge in [-0.2, -0.15) is 0 Å². The van der Waals surface area contributed by atoms with E-state index in [9.17, 15) is 18.0 Å². The van der Waals surface area contributed by atoms with Gasteiger partial charge < -0.3 is 10.6 Å². The highest BCUT2D eigenvalue weighted by Crippen LogP contribution is 2.28. The number of nitrogens with zero attached hydrogens (tertiary/aromatic N) is 1. The second-order valence-corrected chi connectivity index (χ2v) is 8.93. The number of hydrogen-bond donors (Lipinski definition) is 2. The Morgan fingerprint density at radius 3 is 2.18 bits per heavy atom. The molecule has 1 aliphatic heterocycles. The van der Waals surface area contributed by atoms with Gasteiger partial charge in [0.15, 0.2) is 0 Å². The van der Waals surface area contributed by atoms with Crippen LogP contribution in [0.25, 0.3) is 0 Å². The minimum absolute atomic E-state index is 0.112. The summed E-state index contributed by atoms with van der Waals surface area (Å²) in [5.74, 6) is -1.48. The van der Waals surface area contributed by atoms with Crippen molar-refractivity contribution in [2.75, 3.05) is 27.2 Å². The van der Waals surface area contributed by atoms with E-state index < -0.39 is 21.8 Å². The molecule has 0 aromatic heterocycles. The van der Waals surface area contributed by atoms with Gasteiger partial charge in [-0.25, -0.2) is 8.42 Å². The van der Waals surface area contributed by atoms with Crippen molar-refractivity contribution in [3.63, 3.8) is 0 Å². The average Bonchev–Trinajstić information content (AvgIpc) is 2.99. The molecule has 2 aromatic carbocycles. The number of nitrogens with one attached hydrogen (secondary N) is 2. The van der Waals surface area contributed by atoms with Crippen LogP contribution in [0.3, 0.4) is 0 Å². The van der Waals surface area contributed by atoms with E-state index in [0.717, 1.165) is 16.7 Å². The number of rotatable bonds is 3. The molecule has 1 saturated heterocycles. The van der Waals surface area contributed by atoms with Crippen LogP contribution in [0.4, 0.5) is 17.1 Å². The first kappa shape index (κ1) is 19.9. The van der Waals surface area contributed by atoms with Crippen molar-refractivity contribution in [1.29, 1.82) is 0 Å². The molecule has 2 amide bonds. The fourth-order valence-corrected chi connectivity index (χ4v) is 4.75. The van der Waals surface area contributed by atoms with Gasteiger partial charge >= 0.3 is 11.8 Å². The van der Waals surface area contributed by atoms with Crippen molar-refractivity contribution < 1.29 is 18.0 Å². The SMILES string of the molecule is Cc1ccc(N2CCCS2(=O)=O)cc1NC(=O)C(=O)Nc1c(C)cccc1C. The first-order valence-electron chi connectivity index (χ1n) is 8.98. The number of carbonyl (C=O) groups is 2. The summed E-state index contributed by atoms with van der Waals surface area (Å²) in [5.41, 5.74) is 3.94. The van der Waals surface area contributed by atoms with Gasteiger partial charge in [0, 0.05) is 17.9 Å². The molecule has 0 aliphatic carbocycles. The van der Waals surface area contributed by atoms with E-state index in [-0.39, 0.29) is 5.75 Å². The normalized spacial score (nSPS) is 15.3. The fraction of sp³-hybridized carbons (Fsp3) is 0.300. The van der Waals surface area contributed by atoms with Gasteiger partial charge in [0.05, 0.1) is 11.4 Å². The summed E-state index contributed by atoms with van der Waals surface area (Å²) in [7, 11) is -3.32. The summed E-state index contributed by atoms with van der Waals surface area (Å²) >= 11 is 0. The molecule has 0 radical (unpaired) electrons. The lowest BCUT2D eigenvalue weighted by Crippen LogP contribution is -2.30. The number of hydrogen-bond acceptors (Lipinski definition) is 4. The largest absolute Gasteiger partial charge is 0.317 e. The molecule has 8 heteroatoms. The van der Waals surface area contributed by atoms with Crippen LogP contribution in [0.2, 0.25) is 0 Å². The Kier molecular flexibility index (Phi) is 5.42. The Labute approximate surface area is 164 Å². The first-order valence-corrected chi connectivity index (χ1v) is 10.6. The van der Waals surface area contributed by atoms with E-state index in [1.54, 1.807) is 25.1 Å². The van der Waals surface area contributed by atoms with Crippen molar-refractivity contribution in [2.45, 2.75) is 27.2 Å². The van der Waals surface area contributed by atoms with Crippen LogP contribution in [-0.4, -0.2) is 32.5 Å². The molecule has 0 spiro atoms. The third-order valence-electron chi connectivity index (χ3n) is 4.78. The zero-order valence-electron chi connectivity index (χ0n) is 16.1. The van der Waals surface area contributed by atoms with Crippen LogP contribution >= 0.6 is 0 Å². The lowest BCUT2D eigenvalue weighted by Gasteiger charge is -2.19. The molecule has 2 aromatic rings. The number of anilines is 3. The molecule has 0 bridgehead atoms. The maximum absolute atomic E-state index is 12.4. The first-order chi connectivity index (χ1) is 13.2. The van der Waals surface area contributed by atoms with Crippen molar-refractivity contribution in [3.8, 4) is 0 Å². The van der Waals surface area contributed by atoms with E-state index in [2.05, 4.69) is 10.6 Å². The van der Waals surface area contributed by atoms with Crippen LogP contribution in [0, 0.1) is 20.8 Å². The zero-order valence-corrected chi connectivity index (χ0v) is 16.9. The predicted molar refractivity (Wildman–Crippen MR) is 110 cm³/mol. The van der Waals surface area contributed by atoms with Crippen LogP contribution in [-0.2, 0) is 19.6 Å². The lowest BCUT2D eigenvalue weighted by molar-refractivity contribution is -0.133. The van der Waals surface area contributed by atoms with Gasteiger partial charge in [-0.3, -0.25) is 13.9 Å². The Balaban J connectivity index is 1.78. The van der Waals surface area contributed by atoms with Gasteiger partial charge in [0.1, 0.15) is 0 Å². The van der Waals surface area contributed by atoms with Gasteiger partial charge in [0.25, 0.3) is 0 Å². The molecular formula is C20H23N3O4S. The second kappa shape index (κ2) is 7.63. The minimum Gasteiger partial charge on any atom is -0.317 e. The minimum atomic E-state index is -3.32. The Morgan fingerprint density at radius 2 is 1.57 bits per heavy atom. The van der Waals surface area contributed by atoms with Crippen molar-refractivity contribution in [1.82, 2.24) is 0 Å². The Hall–Kier alpha value is -2.87. The van der Waals surface area contributed by atoms with Gasteiger partial charge in [-0.1, -0.05) is 24.3 Å². The van der Waals surface area contributed by atoms with Crippen LogP contribution in [0.15, 0.2) is 36.4 Å². The number of carbonyl (C=O) groups excluding carboxylic acids is 2. The summed E-state index contributed by atoms with van der Waals surface area (Å²) in [6.07, 6.45) is 0.566. The lowest BCUT2D eigenvalue weighted by atomic mass is 10.1. The second-order valence-electron chi connectivity index (χ2n) is 6.92. The van der Waals surface area contributed by atoms with Crippen molar-refractivity contribution in [2.24, 2.45) is 0 Å². The molecular weight excluding hydrogens is 378 g/mol. The quantitative estimate of drug-likeness (QED) is 0.773. The number of aryl methyl sites for hydroxylation is 3. The van der Waals surface area contributed by atoms with Crippen molar-refractivity contribution >= 4 is 38.9 Å². The van der Waals surface area contributed by atoms with E-state index in [4.69, 9.17) is 0 Å². The number of sulfonamides is 1. The summed E-state index contributed by atoms with van der Waals surface area (Å²) in [5, 5.41) is 5.23. The number of benzene rings is 2.